The summed E-state index contributed by atoms with van der Waals surface area (Å²) in [6.07, 6.45) is 0. The molecule has 0 saturated heterocycles. The van der Waals surface area contributed by atoms with Gasteiger partial charge in [0.05, 0.1) is 0 Å². The maximum Gasteiger partial charge on any atom is 0.115 e. The molecule has 0 atom stereocenters. The van der Waals surface area contributed by atoms with Crippen LogP contribution in [0.25, 0.3) is 0 Å². The molecule has 52 valence electrons. The Morgan fingerprint density at radius 1 is 1.00 bits per heavy atom. The fourth-order valence-electron chi connectivity index (χ4n) is 0.428. The van der Waals surface area contributed by atoms with E-state index in [1.165, 1.54) is 0 Å². The van der Waals surface area contributed by atoms with Crippen molar-refractivity contribution in [3.05, 3.63) is 30.3 Å². The van der Waals surface area contributed by atoms with Crippen molar-refractivity contribution in [1.29, 1.82) is 0 Å². The van der Waals surface area contributed by atoms with Crippen molar-refractivity contribution in [2.24, 2.45) is 0 Å². The molecule has 2 nitrogen and oxygen atoms in total. The molecule has 0 saturated carbocycles. The van der Waals surface area contributed by atoms with Gasteiger partial charge >= 0.3 is 0 Å². The number of hydrogen-bond acceptors (Lipinski definition) is 2. The van der Waals surface area contributed by atoms with E-state index in [0.717, 1.165) is 0 Å². The number of rotatable bonds is 0. The first-order valence-electron chi connectivity index (χ1n) is 2.13. The molecule has 0 aliphatic carbocycles. The average Bonchev–Trinajstić information content (AvgIpc) is 1.69. The molecule has 2 heteroatoms. The highest BCUT2D eigenvalue weighted by atomic mass is 16.3. The van der Waals surface area contributed by atoms with Gasteiger partial charge in [0, 0.05) is 0 Å². The molecule has 0 heterocycles. The summed E-state index contributed by atoms with van der Waals surface area (Å²) >= 11 is 0. The lowest BCUT2D eigenvalue weighted by atomic mass is 10.3. The van der Waals surface area contributed by atoms with Crippen LogP contribution >= 0.6 is 0 Å². The van der Waals surface area contributed by atoms with Crippen molar-refractivity contribution in [2.75, 3.05) is 0 Å². The first-order chi connectivity index (χ1) is 3.39. The maximum atomic E-state index is 8.63. The molecule has 0 aliphatic rings. The van der Waals surface area contributed by atoms with E-state index in [0.29, 0.717) is 5.75 Å². The Bertz CT molecular complexity index is 139. The Labute approximate surface area is 55.7 Å². The van der Waals surface area contributed by atoms with Crippen LogP contribution in [-0.4, -0.2) is 5.11 Å². The number of phenols is 1. The van der Waals surface area contributed by atoms with Crippen molar-refractivity contribution in [3.63, 3.8) is 0 Å². The van der Waals surface area contributed by atoms with Gasteiger partial charge in [0.25, 0.3) is 0 Å². The van der Waals surface area contributed by atoms with Gasteiger partial charge in [-0.2, -0.15) is 0 Å². The van der Waals surface area contributed by atoms with Crippen molar-refractivity contribution in [3.8, 4) is 5.75 Å². The zero-order valence-corrected chi connectivity index (χ0v) is 4.54. The quantitative estimate of drug-likeness (QED) is 0.561. The van der Waals surface area contributed by atoms with Crippen LogP contribution in [0.5, 0.6) is 5.75 Å². The van der Waals surface area contributed by atoms with Gasteiger partial charge in [-0.15, -0.1) is 0 Å². The molecule has 0 spiro atoms. The summed E-state index contributed by atoms with van der Waals surface area (Å²) in [5, 5.41) is 8.63. The van der Waals surface area contributed by atoms with Gasteiger partial charge < -0.3 is 11.3 Å². The molecule has 4 N–H and O–H groups in total. The third kappa shape index (κ3) is 3.55. The van der Waals surface area contributed by atoms with Gasteiger partial charge in [0.2, 0.25) is 0 Å². The maximum absolute atomic E-state index is 8.63. The third-order valence-corrected chi connectivity index (χ3v) is 0.756. The molecule has 0 unspecified atom stereocenters. The summed E-state index contributed by atoms with van der Waals surface area (Å²) in [4.78, 5) is 0. The lowest BCUT2D eigenvalue weighted by Gasteiger charge is -1.82. The van der Waals surface area contributed by atoms with Crippen LogP contribution in [0.3, 0.4) is 0 Å². The number of phenolic OH excluding ortho intramolecular Hbond substituents is 1. The van der Waals surface area contributed by atoms with Crippen LogP contribution in [0.1, 0.15) is 7.43 Å². The van der Waals surface area contributed by atoms with Crippen molar-refractivity contribution < 1.29 is 5.11 Å². The Morgan fingerprint density at radius 3 is 1.67 bits per heavy atom. The van der Waals surface area contributed by atoms with Gasteiger partial charge in [0.1, 0.15) is 5.75 Å². The number of aromatic hydroxyl groups is 1. The second-order valence-electron chi connectivity index (χ2n) is 1.34. The van der Waals surface area contributed by atoms with Crippen molar-refractivity contribution in [1.82, 2.24) is 6.15 Å². The van der Waals surface area contributed by atoms with E-state index < -0.39 is 0 Å². The molecule has 0 amide bonds. The lowest BCUT2D eigenvalue weighted by molar-refractivity contribution is 0.475. The first-order valence-corrected chi connectivity index (χ1v) is 2.13. The molecule has 1 rings (SSSR count). The molecule has 0 radical (unpaired) electrons. The van der Waals surface area contributed by atoms with Gasteiger partial charge in [-0.3, -0.25) is 0 Å². The summed E-state index contributed by atoms with van der Waals surface area (Å²) in [6.45, 7) is 0. The van der Waals surface area contributed by atoms with E-state index in [2.05, 4.69) is 0 Å². The number of para-hydroxylation sites is 1. The van der Waals surface area contributed by atoms with E-state index >= 15 is 0 Å². The van der Waals surface area contributed by atoms with E-state index in [1.807, 2.05) is 6.07 Å². The van der Waals surface area contributed by atoms with E-state index in [4.69, 9.17) is 5.11 Å². The highest BCUT2D eigenvalue weighted by Gasteiger charge is 1.74. The summed E-state index contributed by atoms with van der Waals surface area (Å²) in [7, 11) is 0. The zero-order valence-electron chi connectivity index (χ0n) is 4.54. The van der Waals surface area contributed by atoms with Crippen LogP contribution in [0, 0.1) is 0 Å². The second kappa shape index (κ2) is 5.12. The third-order valence-electron chi connectivity index (χ3n) is 0.756. The predicted octanol–water partition coefficient (Wildman–Crippen LogP) is 2.19. The van der Waals surface area contributed by atoms with Crippen LogP contribution in [0.2, 0.25) is 0 Å². The van der Waals surface area contributed by atoms with E-state index in [1.54, 1.807) is 24.3 Å². The summed E-state index contributed by atoms with van der Waals surface area (Å²) in [5.74, 6) is 0.322. The van der Waals surface area contributed by atoms with Crippen LogP contribution in [-0.2, 0) is 0 Å². The molecule has 0 bridgehead atoms. The van der Waals surface area contributed by atoms with E-state index in [9.17, 15) is 0 Å². The standard InChI is InChI=1S/C6H6O.CH4.H3N/c7-6-4-2-1-3-5-6;;/h1-5,7H;1H4;1H3. The summed E-state index contributed by atoms with van der Waals surface area (Å²) in [5.41, 5.74) is 0. The summed E-state index contributed by atoms with van der Waals surface area (Å²) in [6, 6.07) is 8.71. The fourth-order valence-corrected chi connectivity index (χ4v) is 0.428. The van der Waals surface area contributed by atoms with Gasteiger partial charge in [-0.25, -0.2) is 0 Å². The highest BCUT2D eigenvalue weighted by molar-refractivity contribution is 5.18. The first kappa shape index (κ1) is 10.9. The molecular weight excluding hydrogens is 114 g/mol. The van der Waals surface area contributed by atoms with Gasteiger partial charge in [0.15, 0.2) is 0 Å². The highest BCUT2D eigenvalue weighted by Crippen LogP contribution is 2.02. The van der Waals surface area contributed by atoms with Crippen molar-refractivity contribution >= 4 is 0 Å². The Morgan fingerprint density at radius 2 is 1.44 bits per heavy atom. The summed E-state index contributed by atoms with van der Waals surface area (Å²) < 4.78 is 0. The minimum atomic E-state index is 0. The minimum Gasteiger partial charge on any atom is -0.508 e. The topological polar surface area (TPSA) is 55.2 Å². The second-order valence-corrected chi connectivity index (χ2v) is 1.34. The van der Waals surface area contributed by atoms with Crippen molar-refractivity contribution in [2.45, 2.75) is 7.43 Å². The monoisotopic (exact) mass is 127 g/mol. The lowest BCUT2D eigenvalue weighted by Crippen LogP contribution is -1.56. The van der Waals surface area contributed by atoms with Crippen LogP contribution in [0.15, 0.2) is 30.3 Å². The number of benzene rings is 1. The molecule has 9 heavy (non-hydrogen) atoms. The van der Waals surface area contributed by atoms with Crippen LogP contribution < -0.4 is 6.15 Å². The van der Waals surface area contributed by atoms with Crippen LogP contribution in [0.4, 0.5) is 0 Å². The average molecular weight is 127 g/mol. The Balaban J connectivity index is 0. The van der Waals surface area contributed by atoms with E-state index in [-0.39, 0.29) is 13.6 Å². The molecule has 1 aromatic rings. The largest absolute Gasteiger partial charge is 0.508 e. The Hall–Kier alpha value is -1.02. The number of hydrogen-bond donors (Lipinski definition) is 2. The van der Waals surface area contributed by atoms with Gasteiger partial charge in [-0.05, 0) is 12.1 Å². The molecule has 0 aliphatic heterocycles. The zero-order chi connectivity index (χ0) is 5.11. The molecule has 1 aromatic carbocycles. The minimum absolute atomic E-state index is 0. The normalized spacial score (nSPS) is 6.67. The Kier molecular flexibility index (Phi) is 6.19. The molecule has 0 fully saturated rings. The fraction of sp³-hybridized carbons (Fsp3) is 0.143. The predicted molar refractivity (Wildman–Crippen MR) is 39.9 cm³/mol. The SMILES string of the molecule is C.N.Oc1ccccc1. The van der Waals surface area contributed by atoms with Gasteiger partial charge in [-0.1, -0.05) is 25.6 Å². The smallest absolute Gasteiger partial charge is 0.115 e. The molecule has 0 aromatic heterocycles. The molecular formula is C7H13NO.